The molecule has 0 atom stereocenters. The Bertz CT molecular complexity index is 1700. The van der Waals surface area contributed by atoms with Crippen molar-refractivity contribution in [3.05, 3.63) is 114 Å². The van der Waals surface area contributed by atoms with E-state index in [0.717, 1.165) is 33.6 Å². The standard InChI is InChI=1S/C34H32N4O3/c1-22-11-20-30(23(2)21-22)38-34(41-24(3)39)31(32(36-38)26-14-18-29(19-15-26)37(4)5)25-12-16-28(17-13-25)35-33(40)27-9-7-6-8-10-27/h6-21H,1-5H3,(H,35,40). The highest BCUT2D eigenvalue weighted by atomic mass is 16.5. The summed E-state index contributed by atoms with van der Waals surface area (Å²) in [5.74, 6) is -0.307. The Morgan fingerprint density at radius 3 is 2.10 bits per heavy atom. The molecule has 0 fully saturated rings. The number of esters is 1. The summed E-state index contributed by atoms with van der Waals surface area (Å²) >= 11 is 0. The molecule has 41 heavy (non-hydrogen) atoms. The summed E-state index contributed by atoms with van der Waals surface area (Å²) in [5, 5.41) is 7.95. The van der Waals surface area contributed by atoms with Crippen molar-refractivity contribution in [3.63, 3.8) is 0 Å². The van der Waals surface area contributed by atoms with Gasteiger partial charge in [0.15, 0.2) is 0 Å². The van der Waals surface area contributed by atoms with Crippen LogP contribution in [0.1, 0.15) is 28.4 Å². The third-order valence-corrected chi connectivity index (χ3v) is 6.79. The second kappa shape index (κ2) is 11.5. The first kappa shape index (κ1) is 27.4. The molecule has 1 amide bonds. The molecule has 0 saturated carbocycles. The van der Waals surface area contributed by atoms with Gasteiger partial charge in [-0.05, 0) is 67.4 Å². The van der Waals surface area contributed by atoms with E-state index >= 15 is 0 Å². The lowest BCUT2D eigenvalue weighted by Gasteiger charge is -2.13. The van der Waals surface area contributed by atoms with E-state index in [1.165, 1.54) is 6.92 Å². The zero-order chi connectivity index (χ0) is 29.1. The molecule has 7 nitrogen and oxygen atoms in total. The van der Waals surface area contributed by atoms with Gasteiger partial charge in [0, 0.05) is 43.5 Å². The van der Waals surface area contributed by atoms with Crippen molar-refractivity contribution in [1.29, 1.82) is 0 Å². The molecule has 7 heteroatoms. The van der Waals surface area contributed by atoms with E-state index in [-0.39, 0.29) is 5.91 Å². The molecule has 5 aromatic rings. The predicted molar refractivity (Wildman–Crippen MR) is 164 cm³/mol. The van der Waals surface area contributed by atoms with Crippen LogP contribution in [0.25, 0.3) is 28.1 Å². The van der Waals surface area contributed by atoms with Crippen molar-refractivity contribution in [2.75, 3.05) is 24.3 Å². The van der Waals surface area contributed by atoms with Crippen molar-refractivity contribution < 1.29 is 14.3 Å². The Morgan fingerprint density at radius 1 is 0.829 bits per heavy atom. The number of nitrogens with zero attached hydrogens (tertiary/aromatic N) is 3. The van der Waals surface area contributed by atoms with Gasteiger partial charge in [-0.2, -0.15) is 9.78 Å². The van der Waals surface area contributed by atoms with Gasteiger partial charge in [0.25, 0.3) is 5.91 Å². The average molecular weight is 545 g/mol. The van der Waals surface area contributed by atoms with E-state index in [2.05, 4.69) is 11.4 Å². The molecule has 5 rings (SSSR count). The SMILES string of the molecule is CC(=O)Oc1c(-c2ccc(NC(=O)c3ccccc3)cc2)c(-c2ccc(N(C)C)cc2)nn1-c1ccc(C)cc1C. The van der Waals surface area contributed by atoms with Gasteiger partial charge >= 0.3 is 5.97 Å². The van der Waals surface area contributed by atoms with Gasteiger partial charge in [-0.1, -0.05) is 60.2 Å². The largest absolute Gasteiger partial charge is 0.407 e. The second-order valence-electron chi connectivity index (χ2n) is 10.2. The van der Waals surface area contributed by atoms with Gasteiger partial charge in [0.1, 0.15) is 5.69 Å². The molecule has 1 N–H and O–H groups in total. The van der Waals surface area contributed by atoms with Crippen LogP contribution < -0.4 is 15.0 Å². The van der Waals surface area contributed by atoms with Crippen LogP contribution in [0.4, 0.5) is 11.4 Å². The number of amides is 1. The number of hydrogen-bond donors (Lipinski definition) is 1. The minimum atomic E-state index is -0.446. The number of nitrogens with one attached hydrogen (secondary N) is 1. The smallest absolute Gasteiger partial charge is 0.309 e. The van der Waals surface area contributed by atoms with E-state index in [1.54, 1.807) is 16.8 Å². The highest BCUT2D eigenvalue weighted by Gasteiger charge is 2.25. The van der Waals surface area contributed by atoms with Crippen molar-refractivity contribution >= 4 is 23.3 Å². The third kappa shape index (κ3) is 5.89. The van der Waals surface area contributed by atoms with Crippen molar-refractivity contribution in [3.8, 4) is 34.0 Å². The number of aryl methyl sites for hydroxylation is 2. The molecule has 0 bridgehead atoms. The molecule has 0 spiro atoms. The molecular formula is C34H32N4O3. The lowest BCUT2D eigenvalue weighted by molar-refractivity contribution is -0.132. The van der Waals surface area contributed by atoms with Gasteiger partial charge in [-0.15, -0.1) is 0 Å². The lowest BCUT2D eigenvalue weighted by Crippen LogP contribution is -2.11. The first-order chi connectivity index (χ1) is 19.7. The van der Waals surface area contributed by atoms with Crippen molar-refractivity contribution in [2.45, 2.75) is 20.8 Å². The summed E-state index contributed by atoms with van der Waals surface area (Å²) in [6, 6.07) is 30.7. The number of carbonyl (C=O) groups excluding carboxylic acids is 2. The molecule has 0 aliphatic heterocycles. The summed E-state index contributed by atoms with van der Waals surface area (Å²) in [6.45, 7) is 5.43. The Balaban J connectivity index is 1.64. The monoisotopic (exact) mass is 544 g/mol. The average Bonchev–Trinajstić information content (AvgIpc) is 3.32. The summed E-state index contributed by atoms with van der Waals surface area (Å²) in [4.78, 5) is 27.1. The first-order valence-electron chi connectivity index (χ1n) is 13.3. The maximum atomic E-state index is 12.7. The Hall–Kier alpha value is -5.17. The van der Waals surface area contributed by atoms with E-state index in [4.69, 9.17) is 9.84 Å². The van der Waals surface area contributed by atoms with Crippen LogP contribution in [0, 0.1) is 13.8 Å². The fraction of sp³-hybridized carbons (Fsp3) is 0.147. The maximum Gasteiger partial charge on any atom is 0.309 e. The Labute approximate surface area is 240 Å². The number of rotatable bonds is 7. The second-order valence-corrected chi connectivity index (χ2v) is 10.2. The summed E-state index contributed by atoms with van der Waals surface area (Å²) in [5.41, 5.74) is 8.25. The molecule has 0 aliphatic rings. The van der Waals surface area contributed by atoms with Gasteiger partial charge in [-0.3, -0.25) is 9.59 Å². The highest BCUT2D eigenvalue weighted by molar-refractivity contribution is 6.04. The minimum absolute atomic E-state index is 0.191. The first-order valence-corrected chi connectivity index (χ1v) is 13.3. The van der Waals surface area contributed by atoms with Gasteiger partial charge in [0.05, 0.1) is 11.3 Å². The summed E-state index contributed by atoms with van der Waals surface area (Å²) in [6.07, 6.45) is 0. The highest BCUT2D eigenvalue weighted by Crippen LogP contribution is 2.42. The van der Waals surface area contributed by atoms with Gasteiger partial charge in [-0.25, -0.2) is 0 Å². The quantitative estimate of drug-likeness (QED) is 0.222. The Kier molecular flexibility index (Phi) is 7.70. The van der Waals surface area contributed by atoms with E-state index < -0.39 is 5.97 Å². The van der Waals surface area contributed by atoms with Crippen LogP contribution in [0.3, 0.4) is 0 Å². The van der Waals surface area contributed by atoms with E-state index in [0.29, 0.717) is 28.4 Å². The molecule has 1 heterocycles. The van der Waals surface area contributed by atoms with Gasteiger partial charge < -0.3 is 15.0 Å². The van der Waals surface area contributed by atoms with Crippen molar-refractivity contribution in [1.82, 2.24) is 9.78 Å². The zero-order valence-corrected chi connectivity index (χ0v) is 23.8. The number of anilines is 2. The van der Waals surface area contributed by atoms with E-state index in [1.807, 2.05) is 112 Å². The van der Waals surface area contributed by atoms with Crippen LogP contribution in [-0.2, 0) is 4.79 Å². The fourth-order valence-corrected chi connectivity index (χ4v) is 4.73. The molecule has 1 aromatic heterocycles. The summed E-state index contributed by atoms with van der Waals surface area (Å²) in [7, 11) is 3.98. The topological polar surface area (TPSA) is 76.5 Å². The maximum absolute atomic E-state index is 12.7. The molecule has 0 aliphatic carbocycles. The van der Waals surface area contributed by atoms with Gasteiger partial charge in [0.2, 0.25) is 5.88 Å². The Morgan fingerprint density at radius 2 is 1.49 bits per heavy atom. The normalized spacial score (nSPS) is 10.8. The molecule has 0 radical (unpaired) electrons. The zero-order valence-electron chi connectivity index (χ0n) is 23.8. The van der Waals surface area contributed by atoms with Crippen LogP contribution in [0.5, 0.6) is 5.88 Å². The van der Waals surface area contributed by atoms with Crippen LogP contribution in [0.15, 0.2) is 97.1 Å². The number of benzene rings is 4. The number of hydrogen-bond acceptors (Lipinski definition) is 5. The molecule has 206 valence electrons. The van der Waals surface area contributed by atoms with Crippen LogP contribution >= 0.6 is 0 Å². The van der Waals surface area contributed by atoms with Crippen LogP contribution in [0.2, 0.25) is 0 Å². The lowest BCUT2D eigenvalue weighted by atomic mass is 10.0. The number of carbonyl (C=O) groups is 2. The van der Waals surface area contributed by atoms with Crippen molar-refractivity contribution in [2.24, 2.45) is 0 Å². The van der Waals surface area contributed by atoms with E-state index in [9.17, 15) is 9.59 Å². The third-order valence-electron chi connectivity index (χ3n) is 6.79. The molecule has 0 unspecified atom stereocenters. The molecule has 4 aromatic carbocycles. The molecular weight excluding hydrogens is 512 g/mol. The summed E-state index contributed by atoms with van der Waals surface area (Å²) < 4.78 is 7.57. The predicted octanol–water partition coefficient (Wildman–Crippen LogP) is 7.07. The molecule has 0 saturated heterocycles. The number of ether oxygens (including phenoxy) is 1. The fourth-order valence-electron chi connectivity index (χ4n) is 4.73. The minimum Gasteiger partial charge on any atom is -0.407 e. The van der Waals surface area contributed by atoms with Crippen LogP contribution in [-0.4, -0.2) is 35.8 Å². The number of aromatic nitrogens is 2.